The van der Waals surface area contributed by atoms with Crippen LogP contribution in [0.15, 0.2) is 12.3 Å². The van der Waals surface area contributed by atoms with E-state index >= 15 is 0 Å². The van der Waals surface area contributed by atoms with Gasteiger partial charge in [0.15, 0.2) is 0 Å². The maximum Gasteiger partial charge on any atom is 0.117 e. The Morgan fingerprint density at radius 2 is 2.50 bits per heavy atom. The summed E-state index contributed by atoms with van der Waals surface area (Å²) in [4.78, 5) is 4.61. The maximum atomic E-state index is 4.99. The number of aryl methyl sites for hydroxylation is 1. The molecule has 1 atom stereocenters. The van der Waals surface area contributed by atoms with Crippen molar-refractivity contribution in [3.8, 4) is 0 Å². The van der Waals surface area contributed by atoms with Gasteiger partial charge in [-0.3, -0.25) is 9.52 Å². The van der Waals surface area contributed by atoms with Crippen LogP contribution in [-0.4, -0.2) is 9.78 Å². The minimum absolute atomic E-state index is 0.0903. The van der Waals surface area contributed by atoms with Crippen LogP contribution in [0, 0.1) is 0 Å². The summed E-state index contributed by atoms with van der Waals surface area (Å²) in [5.41, 5.74) is 0.975. The lowest BCUT2D eigenvalue weighted by atomic mass is 10.3. The van der Waals surface area contributed by atoms with Gasteiger partial charge in [0.05, 0.1) is 5.69 Å². The van der Waals surface area contributed by atoms with Crippen LogP contribution >= 0.6 is 0 Å². The Labute approximate surface area is 59.5 Å². The summed E-state index contributed by atoms with van der Waals surface area (Å²) in [6, 6.07) is 1.87. The van der Waals surface area contributed by atoms with E-state index in [1.165, 1.54) is 0 Å². The Morgan fingerprint density at radius 1 is 1.80 bits per heavy atom. The van der Waals surface area contributed by atoms with Crippen LogP contribution in [-0.2, 0) is 11.9 Å². The molecule has 2 N–H and O–H groups in total. The van der Waals surface area contributed by atoms with Gasteiger partial charge in [0.1, 0.15) is 6.10 Å². The molecule has 56 valence electrons. The number of aromatic nitrogens is 2. The fourth-order valence-corrected chi connectivity index (χ4v) is 0.853. The second kappa shape index (κ2) is 2.81. The van der Waals surface area contributed by atoms with E-state index in [-0.39, 0.29) is 6.10 Å². The van der Waals surface area contributed by atoms with E-state index in [1.807, 2.05) is 20.0 Å². The fourth-order valence-electron chi connectivity index (χ4n) is 0.853. The summed E-state index contributed by atoms with van der Waals surface area (Å²) in [5.74, 6) is 4.99. The predicted octanol–water partition coefficient (Wildman–Crippen LogP) is 0.371. The van der Waals surface area contributed by atoms with Crippen molar-refractivity contribution in [1.29, 1.82) is 0 Å². The SMILES string of the molecule is CC(ON)c1ccnn1C. The first-order chi connectivity index (χ1) is 4.75. The zero-order valence-electron chi connectivity index (χ0n) is 6.11. The van der Waals surface area contributed by atoms with E-state index in [0.717, 1.165) is 5.69 Å². The van der Waals surface area contributed by atoms with Crippen LogP contribution < -0.4 is 5.90 Å². The van der Waals surface area contributed by atoms with E-state index in [2.05, 4.69) is 9.94 Å². The molecule has 0 radical (unpaired) electrons. The highest BCUT2D eigenvalue weighted by Gasteiger charge is 2.06. The number of nitrogens with two attached hydrogens (primary N) is 1. The van der Waals surface area contributed by atoms with Crippen LogP contribution in [0.1, 0.15) is 18.7 Å². The molecule has 0 aliphatic heterocycles. The van der Waals surface area contributed by atoms with Gasteiger partial charge < -0.3 is 0 Å². The summed E-state index contributed by atoms with van der Waals surface area (Å²) in [7, 11) is 1.85. The fraction of sp³-hybridized carbons (Fsp3) is 0.500. The van der Waals surface area contributed by atoms with Gasteiger partial charge in [-0.2, -0.15) is 5.10 Å². The van der Waals surface area contributed by atoms with E-state index in [9.17, 15) is 0 Å². The lowest BCUT2D eigenvalue weighted by Gasteiger charge is -2.07. The molecule has 0 aliphatic carbocycles. The van der Waals surface area contributed by atoms with Crippen LogP contribution in [0.3, 0.4) is 0 Å². The molecule has 4 nitrogen and oxygen atoms in total. The minimum atomic E-state index is -0.0903. The van der Waals surface area contributed by atoms with Crippen LogP contribution in [0.25, 0.3) is 0 Å². The monoisotopic (exact) mass is 141 g/mol. The maximum absolute atomic E-state index is 4.99. The van der Waals surface area contributed by atoms with Crippen molar-refractivity contribution in [2.75, 3.05) is 0 Å². The van der Waals surface area contributed by atoms with Gasteiger partial charge in [0, 0.05) is 13.2 Å². The molecule has 1 heterocycles. The molecule has 0 saturated heterocycles. The number of hydrogen-bond donors (Lipinski definition) is 1. The highest BCUT2D eigenvalue weighted by molar-refractivity contribution is 5.02. The molecule has 0 bridgehead atoms. The van der Waals surface area contributed by atoms with Crippen molar-refractivity contribution in [3.63, 3.8) is 0 Å². The van der Waals surface area contributed by atoms with E-state index in [1.54, 1.807) is 10.9 Å². The second-order valence-corrected chi connectivity index (χ2v) is 2.16. The normalized spacial score (nSPS) is 13.5. The lowest BCUT2D eigenvalue weighted by molar-refractivity contribution is 0.0607. The number of nitrogens with zero attached hydrogens (tertiary/aromatic N) is 2. The van der Waals surface area contributed by atoms with E-state index in [0.29, 0.717) is 0 Å². The number of hydrogen-bond acceptors (Lipinski definition) is 3. The Bertz CT molecular complexity index is 209. The summed E-state index contributed by atoms with van der Waals surface area (Å²) in [6.07, 6.45) is 1.62. The van der Waals surface area contributed by atoms with Crippen LogP contribution in [0.5, 0.6) is 0 Å². The molecule has 0 fully saturated rings. The topological polar surface area (TPSA) is 53.1 Å². The zero-order valence-corrected chi connectivity index (χ0v) is 6.11. The Morgan fingerprint density at radius 3 is 2.90 bits per heavy atom. The second-order valence-electron chi connectivity index (χ2n) is 2.16. The highest BCUT2D eigenvalue weighted by Crippen LogP contribution is 2.11. The van der Waals surface area contributed by atoms with E-state index < -0.39 is 0 Å². The average molecular weight is 141 g/mol. The van der Waals surface area contributed by atoms with Crippen molar-refractivity contribution < 1.29 is 4.84 Å². The van der Waals surface area contributed by atoms with Gasteiger partial charge in [-0.25, -0.2) is 5.90 Å². The van der Waals surface area contributed by atoms with Crippen molar-refractivity contribution in [2.24, 2.45) is 12.9 Å². The van der Waals surface area contributed by atoms with Crippen LogP contribution in [0.2, 0.25) is 0 Å². The molecular weight excluding hydrogens is 130 g/mol. The Kier molecular flexibility index (Phi) is 2.03. The first-order valence-corrected chi connectivity index (χ1v) is 3.09. The highest BCUT2D eigenvalue weighted by atomic mass is 16.6. The molecule has 0 aliphatic rings. The third kappa shape index (κ3) is 1.17. The molecule has 1 aromatic rings. The summed E-state index contributed by atoms with van der Waals surface area (Å²) in [6.45, 7) is 1.87. The molecule has 4 heteroatoms. The largest absolute Gasteiger partial charge is 0.295 e. The molecule has 0 saturated carbocycles. The first-order valence-electron chi connectivity index (χ1n) is 3.09. The summed E-state index contributed by atoms with van der Waals surface area (Å²) >= 11 is 0. The third-order valence-electron chi connectivity index (χ3n) is 1.48. The minimum Gasteiger partial charge on any atom is -0.295 e. The standard InChI is InChI=1S/C6H11N3O/c1-5(10-7)6-3-4-8-9(6)2/h3-5H,7H2,1-2H3. The first kappa shape index (κ1) is 7.24. The van der Waals surface area contributed by atoms with Gasteiger partial charge >= 0.3 is 0 Å². The lowest BCUT2D eigenvalue weighted by Crippen LogP contribution is -2.09. The smallest absolute Gasteiger partial charge is 0.117 e. The molecule has 0 spiro atoms. The van der Waals surface area contributed by atoms with Gasteiger partial charge in [-0.1, -0.05) is 0 Å². The predicted molar refractivity (Wildman–Crippen MR) is 36.9 cm³/mol. The summed E-state index contributed by atoms with van der Waals surface area (Å²) in [5, 5.41) is 3.97. The summed E-state index contributed by atoms with van der Waals surface area (Å²) < 4.78 is 1.73. The Balaban J connectivity index is 2.82. The molecule has 1 rings (SSSR count). The quantitative estimate of drug-likeness (QED) is 0.605. The van der Waals surface area contributed by atoms with Crippen molar-refractivity contribution in [3.05, 3.63) is 18.0 Å². The molecule has 0 aromatic carbocycles. The van der Waals surface area contributed by atoms with Crippen molar-refractivity contribution in [1.82, 2.24) is 9.78 Å². The Hall–Kier alpha value is -0.870. The number of rotatable bonds is 2. The molecular formula is C6H11N3O. The van der Waals surface area contributed by atoms with Gasteiger partial charge in [-0.15, -0.1) is 0 Å². The van der Waals surface area contributed by atoms with E-state index in [4.69, 9.17) is 5.90 Å². The van der Waals surface area contributed by atoms with Gasteiger partial charge in [0.2, 0.25) is 0 Å². The molecule has 0 amide bonds. The molecule has 10 heavy (non-hydrogen) atoms. The zero-order chi connectivity index (χ0) is 7.56. The van der Waals surface area contributed by atoms with Crippen molar-refractivity contribution in [2.45, 2.75) is 13.0 Å². The van der Waals surface area contributed by atoms with Gasteiger partial charge in [0.25, 0.3) is 0 Å². The average Bonchev–Trinajstić information content (AvgIpc) is 2.34. The molecule has 1 aromatic heterocycles. The van der Waals surface area contributed by atoms with Crippen LogP contribution in [0.4, 0.5) is 0 Å². The van der Waals surface area contributed by atoms with Gasteiger partial charge in [-0.05, 0) is 13.0 Å². The third-order valence-corrected chi connectivity index (χ3v) is 1.48. The van der Waals surface area contributed by atoms with Crippen molar-refractivity contribution >= 4 is 0 Å². The molecule has 1 unspecified atom stereocenters.